The molecule has 0 saturated heterocycles. The predicted octanol–water partition coefficient (Wildman–Crippen LogP) is 10.9. The van der Waals surface area contributed by atoms with Gasteiger partial charge in [-0.15, -0.1) is 0 Å². The van der Waals surface area contributed by atoms with Crippen LogP contribution in [-0.4, -0.2) is 21.5 Å². The quantitative estimate of drug-likeness (QED) is 0.200. The van der Waals surface area contributed by atoms with Gasteiger partial charge in [-0.1, -0.05) is 103 Å². The Balaban J connectivity index is 1.29. The normalized spacial score (nSPS) is 15.2. The maximum atomic E-state index is 4.58. The summed E-state index contributed by atoms with van der Waals surface area (Å²) in [5.41, 5.74) is 12.6. The minimum Gasteiger partial charge on any atom is -0.370 e. The van der Waals surface area contributed by atoms with E-state index in [2.05, 4.69) is 178 Å². The van der Waals surface area contributed by atoms with Gasteiger partial charge in [0.1, 0.15) is 0 Å². The first kappa shape index (κ1) is 27.2. The van der Waals surface area contributed by atoms with E-state index >= 15 is 0 Å². The molecule has 2 aromatic heterocycles. The summed E-state index contributed by atoms with van der Waals surface area (Å²) in [6, 6.07) is 46.1. The fourth-order valence-corrected chi connectivity index (χ4v) is 7.16. The molecule has 1 atom stereocenters. The molecule has 0 saturated carbocycles. The fourth-order valence-electron chi connectivity index (χ4n) is 7.16. The molecule has 0 aliphatic carbocycles. The van der Waals surface area contributed by atoms with E-state index in [0.29, 0.717) is 0 Å². The predicted molar refractivity (Wildman–Crippen MR) is 196 cm³/mol. The molecule has 1 unspecified atom stereocenters. The van der Waals surface area contributed by atoms with Gasteiger partial charge in [-0.25, -0.2) is 0 Å². The zero-order valence-electron chi connectivity index (χ0n) is 26.0. The number of aromatic nitrogens is 2. The van der Waals surface area contributed by atoms with Crippen LogP contribution in [0, 0.1) is 0 Å². The average Bonchev–Trinajstić information content (AvgIpc) is 3.37. The van der Waals surface area contributed by atoms with E-state index in [1.54, 1.807) is 0 Å². The molecule has 7 aromatic rings. The molecular weight excluding hydrogens is 573 g/mol. The standard InChI is InChI=1S/C43H32N4/c1-45-29-9-7-13-39(45)32-20-25-34(26-21-32)46-40-14-4-2-10-31(40)16-17-33-22-27-37-36-11-3-5-15-41(36)47(43(37)42(33)46)35-23-18-30(19-24-35)38-12-6-8-28-44-38/h2-29,39H,1H3. The van der Waals surface area contributed by atoms with Crippen molar-refractivity contribution in [2.75, 3.05) is 11.9 Å². The largest absolute Gasteiger partial charge is 0.370 e. The highest BCUT2D eigenvalue weighted by atomic mass is 15.2. The zero-order chi connectivity index (χ0) is 31.3. The molecular formula is C43H32N4. The molecule has 5 aromatic carbocycles. The van der Waals surface area contributed by atoms with Crippen LogP contribution in [0.4, 0.5) is 17.1 Å². The molecule has 0 bridgehead atoms. The lowest BCUT2D eigenvalue weighted by atomic mass is 10.0. The zero-order valence-corrected chi connectivity index (χ0v) is 26.0. The van der Waals surface area contributed by atoms with E-state index in [0.717, 1.165) is 28.3 Å². The van der Waals surface area contributed by atoms with Crippen molar-refractivity contribution in [3.8, 4) is 16.9 Å². The van der Waals surface area contributed by atoms with Gasteiger partial charge in [0, 0.05) is 46.5 Å². The van der Waals surface area contributed by atoms with Gasteiger partial charge in [0.15, 0.2) is 0 Å². The van der Waals surface area contributed by atoms with Crippen LogP contribution in [0.15, 0.2) is 158 Å². The highest BCUT2D eigenvalue weighted by Gasteiger charge is 2.26. The smallest absolute Gasteiger partial charge is 0.0788 e. The number of benzene rings is 5. The minimum atomic E-state index is 0.211. The SMILES string of the molecule is CN1C=CC=CC1c1ccc(N2c3ccccc3C=Cc3ccc4c5ccccc5n(-c5ccc(-c6ccccn6)cc5)c4c32)cc1. The van der Waals surface area contributed by atoms with Crippen molar-refractivity contribution in [2.24, 2.45) is 0 Å². The number of hydrogen-bond donors (Lipinski definition) is 0. The Morgan fingerprint density at radius 3 is 2.21 bits per heavy atom. The monoisotopic (exact) mass is 604 g/mol. The van der Waals surface area contributed by atoms with Crippen molar-refractivity contribution in [2.45, 2.75) is 6.04 Å². The molecule has 4 heterocycles. The van der Waals surface area contributed by atoms with Gasteiger partial charge in [0.25, 0.3) is 0 Å². The Morgan fingerprint density at radius 1 is 0.617 bits per heavy atom. The molecule has 0 N–H and O–H groups in total. The number of anilines is 3. The van der Waals surface area contributed by atoms with Crippen LogP contribution >= 0.6 is 0 Å². The van der Waals surface area contributed by atoms with E-state index in [1.165, 1.54) is 44.2 Å². The number of para-hydroxylation sites is 2. The van der Waals surface area contributed by atoms with Crippen molar-refractivity contribution in [1.82, 2.24) is 14.5 Å². The molecule has 4 heteroatoms. The highest BCUT2D eigenvalue weighted by Crippen LogP contribution is 2.48. The summed E-state index contributed by atoms with van der Waals surface area (Å²) in [4.78, 5) is 9.28. The van der Waals surface area contributed by atoms with Gasteiger partial charge in [-0.05, 0) is 71.9 Å². The Labute approximate surface area is 274 Å². The third kappa shape index (κ3) is 4.49. The Hall–Kier alpha value is -6.13. The summed E-state index contributed by atoms with van der Waals surface area (Å²) >= 11 is 0. The number of hydrogen-bond acceptors (Lipinski definition) is 3. The van der Waals surface area contributed by atoms with Crippen LogP contribution in [-0.2, 0) is 0 Å². The molecule has 0 spiro atoms. The lowest BCUT2D eigenvalue weighted by molar-refractivity contribution is 0.390. The number of nitrogens with zero attached hydrogens (tertiary/aromatic N) is 4. The van der Waals surface area contributed by atoms with E-state index in [1.807, 2.05) is 18.3 Å². The summed E-state index contributed by atoms with van der Waals surface area (Å²) in [5, 5.41) is 2.46. The van der Waals surface area contributed by atoms with Crippen molar-refractivity contribution in [1.29, 1.82) is 0 Å². The Kier molecular flexibility index (Phi) is 6.39. The summed E-state index contributed by atoms with van der Waals surface area (Å²) in [7, 11) is 2.13. The summed E-state index contributed by atoms with van der Waals surface area (Å²) in [5.74, 6) is 0. The third-order valence-electron chi connectivity index (χ3n) is 9.43. The second kappa shape index (κ2) is 11.0. The van der Waals surface area contributed by atoms with Crippen LogP contribution in [0.3, 0.4) is 0 Å². The first-order valence-corrected chi connectivity index (χ1v) is 16.1. The highest BCUT2D eigenvalue weighted by molar-refractivity contribution is 6.16. The molecule has 224 valence electrons. The average molecular weight is 605 g/mol. The maximum absolute atomic E-state index is 4.58. The van der Waals surface area contributed by atoms with Crippen LogP contribution < -0.4 is 4.90 Å². The second-order valence-electron chi connectivity index (χ2n) is 12.2. The molecule has 0 radical (unpaired) electrons. The van der Waals surface area contributed by atoms with E-state index in [4.69, 9.17) is 0 Å². The van der Waals surface area contributed by atoms with E-state index < -0.39 is 0 Å². The van der Waals surface area contributed by atoms with E-state index in [-0.39, 0.29) is 6.04 Å². The van der Waals surface area contributed by atoms with Gasteiger partial charge in [0.05, 0.1) is 34.1 Å². The summed E-state index contributed by atoms with van der Waals surface area (Å²) in [6.45, 7) is 0. The molecule has 9 rings (SSSR count). The van der Waals surface area contributed by atoms with Crippen molar-refractivity contribution in [3.05, 3.63) is 175 Å². The first-order chi connectivity index (χ1) is 23.2. The van der Waals surface area contributed by atoms with Crippen molar-refractivity contribution < 1.29 is 0 Å². The van der Waals surface area contributed by atoms with Gasteiger partial charge in [0.2, 0.25) is 0 Å². The van der Waals surface area contributed by atoms with Crippen LogP contribution in [0.2, 0.25) is 0 Å². The van der Waals surface area contributed by atoms with Crippen LogP contribution in [0.25, 0.3) is 50.9 Å². The van der Waals surface area contributed by atoms with Crippen molar-refractivity contribution >= 4 is 51.0 Å². The molecule has 0 fully saturated rings. The number of likely N-dealkylation sites (N-methyl/N-ethyl adjacent to an activating group) is 1. The number of rotatable bonds is 4. The maximum Gasteiger partial charge on any atom is 0.0788 e. The first-order valence-electron chi connectivity index (χ1n) is 16.1. The lowest BCUT2D eigenvalue weighted by Gasteiger charge is -2.30. The molecule has 2 aliphatic rings. The minimum absolute atomic E-state index is 0.211. The summed E-state index contributed by atoms with van der Waals surface area (Å²) < 4.78 is 2.43. The summed E-state index contributed by atoms with van der Waals surface area (Å²) in [6.07, 6.45) is 14.9. The van der Waals surface area contributed by atoms with Gasteiger partial charge in [-0.3, -0.25) is 4.98 Å². The lowest BCUT2D eigenvalue weighted by Crippen LogP contribution is -2.19. The van der Waals surface area contributed by atoms with Gasteiger partial charge in [-0.2, -0.15) is 0 Å². The van der Waals surface area contributed by atoms with Gasteiger partial charge < -0.3 is 14.4 Å². The number of fused-ring (bicyclic) bond motifs is 6. The fraction of sp³-hybridized carbons (Fsp3) is 0.0465. The van der Waals surface area contributed by atoms with Crippen molar-refractivity contribution in [3.63, 3.8) is 0 Å². The van der Waals surface area contributed by atoms with E-state index in [9.17, 15) is 0 Å². The van der Waals surface area contributed by atoms with Crippen LogP contribution in [0.5, 0.6) is 0 Å². The second-order valence-corrected chi connectivity index (χ2v) is 12.2. The Morgan fingerprint density at radius 2 is 1.38 bits per heavy atom. The topological polar surface area (TPSA) is 24.3 Å². The van der Waals surface area contributed by atoms with Gasteiger partial charge >= 0.3 is 0 Å². The Bertz CT molecular complexity index is 2360. The number of pyridine rings is 1. The molecule has 0 amide bonds. The number of allylic oxidation sites excluding steroid dienone is 2. The molecule has 4 nitrogen and oxygen atoms in total. The molecule has 2 aliphatic heterocycles. The molecule has 47 heavy (non-hydrogen) atoms. The third-order valence-corrected chi connectivity index (χ3v) is 9.43. The van der Waals surface area contributed by atoms with Crippen LogP contribution in [0.1, 0.15) is 22.7 Å².